The van der Waals surface area contributed by atoms with Crippen LogP contribution in [0.2, 0.25) is 0 Å². The Labute approximate surface area is 134 Å². The summed E-state index contributed by atoms with van der Waals surface area (Å²) in [6.07, 6.45) is 6.03. The van der Waals surface area contributed by atoms with Crippen LogP contribution in [0, 0.1) is 18.8 Å². The molecule has 114 valence electrons. The monoisotopic (exact) mass is 323 g/mol. The van der Waals surface area contributed by atoms with Crippen molar-refractivity contribution in [2.45, 2.75) is 43.9 Å². The SMILES string of the molecule is CSC1CCCC1NC(=O)c1cc(C)c(C#CCCO)s1. The summed E-state index contributed by atoms with van der Waals surface area (Å²) >= 11 is 3.28. The van der Waals surface area contributed by atoms with Gasteiger partial charge in [-0.2, -0.15) is 11.8 Å². The lowest BCUT2D eigenvalue weighted by molar-refractivity contribution is 0.0942. The van der Waals surface area contributed by atoms with Crippen LogP contribution in [-0.4, -0.2) is 35.2 Å². The van der Waals surface area contributed by atoms with E-state index in [1.54, 1.807) is 0 Å². The minimum absolute atomic E-state index is 0.0178. The molecule has 2 atom stereocenters. The van der Waals surface area contributed by atoms with Crippen LogP contribution in [0.3, 0.4) is 0 Å². The number of hydrogen-bond donors (Lipinski definition) is 2. The number of thioether (sulfide) groups is 1. The molecule has 0 spiro atoms. The number of aryl methyl sites for hydroxylation is 1. The van der Waals surface area contributed by atoms with Crippen LogP contribution >= 0.6 is 23.1 Å². The van der Waals surface area contributed by atoms with Gasteiger partial charge in [-0.1, -0.05) is 18.3 Å². The molecule has 0 radical (unpaired) electrons. The molecule has 1 fully saturated rings. The molecule has 1 aliphatic rings. The molecule has 3 nitrogen and oxygen atoms in total. The smallest absolute Gasteiger partial charge is 0.261 e. The maximum Gasteiger partial charge on any atom is 0.261 e. The second-order valence-corrected chi connectivity index (χ2v) is 7.31. The van der Waals surface area contributed by atoms with Crippen LogP contribution < -0.4 is 5.32 Å². The van der Waals surface area contributed by atoms with Gasteiger partial charge in [-0.05, 0) is 37.7 Å². The minimum Gasteiger partial charge on any atom is -0.395 e. The standard InChI is InChI=1S/C16H21NO2S2/c1-11-10-15(21-13(11)7-3-4-9-18)16(19)17-12-6-5-8-14(12)20-2/h10,12,14,18H,4-6,8-9H2,1-2H3,(H,17,19). The highest BCUT2D eigenvalue weighted by Crippen LogP contribution is 2.29. The van der Waals surface area contributed by atoms with Gasteiger partial charge in [-0.3, -0.25) is 4.79 Å². The van der Waals surface area contributed by atoms with Crippen LogP contribution in [0.1, 0.15) is 45.8 Å². The van der Waals surface area contributed by atoms with Crippen LogP contribution in [-0.2, 0) is 0 Å². The second kappa shape index (κ2) is 7.88. The first-order chi connectivity index (χ1) is 10.2. The quantitative estimate of drug-likeness (QED) is 0.838. The Balaban J connectivity index is 2.03. The number of hydrogen-bond acceptors (Lipinski definition) is 4. The predicted molar refractivity (Wildman–Crippen MR) is 90.0 cm³/mol. The van der Waals surface area contributed by atoms with E-state index >= 15 is 0 Å². The van der Waals surface area contributed by atoms with Crippen LogP contribution in [0.5, 0.6) is 0 Å². The maximum absolute atomic E-state index is 12.4. The maximum atomic E-state index is 12.4. The van der Waals surface area contributed by atoms with Crippen molar-refractivity contribution < 1.29 is 9.90 Å². The van der Waals surface area contributed by atoms with Crippen molar-refractivity contribution in [3.63, 3.8) is 0 Å². The summed E-state index contributed by atoms with van der Waals surface area (Å²) in [6, 6.07) is 2.20. The first-order valence-corrected chi connectivity index (χ1v) is 9.30. The molecule has 2 rings (SSSR count). The summed E-state index contributed by atoms with van der Waals surface area (Å²) in [5.41, 5.74) is 1.03. The zero-order valence-electron chi connectivity index (χ0n) is 12.4. The Morgan fingerprint density at radius 2 is 2.38 bits per heavy atom. The van der Waals surface area contributed by atoms with E-state index < -0.39 is 0 Å². The Kier molecular flexibility index (Phi) is 6.16. The van der Waals surface area contributed by atoms with Crippen molar-refractivity contribution in [2.75, 3.05) is 12.9 Å². The van der Waals surface area contributed by atoms with Crippen molar-refractivity contribution in [1.82, 2.24) is 5.32 Å². The van der Waals surface area contributed by atoms with Crippen LogP contribution in [0.25, 0.3) is 0 Å². The van der Waals surface area contributed by atoms with Gasteiger partial charge in [0.2, 0.25) is 0 Å². The van der Waals surface area contributed by atoms with E-state index in [-0.39, 0.29) is 12.5 Å². The number of carbonyl (C=O) groups excluding carboxylic acids is 1. The van der Waals surface area contributed by atoms with Crippen molar-refractivity contribution >= 4 is 29.0 Å². The van der Waals surface area contributed by atoms with Gasteiger partial charge in [0.05, 0.1) is 16.4 Å². The molecular weight excluding hydrogens is 302 g/mol. The fourth-order valence-electron chi connectivity index (χ4n) is 2.53. The van der Waals surface area contributed by atoms with E-state index in [4.69, 9.17) is 5.11 Å². The average Bonchev–Trinajstić information content (AvgIpc) is 3.06. The molecule has 1 heterocycles. The summed E-state index contributed by atoms with van der Waals surface area (Å²) in [7, 11) is 0. The molecule has 0 saturated heterocycles. The number of carbonyl (C=O) groups is 1. The fourth-order valence-corrected chi connectivity index (χ4v) is 4.41. The molecule has 1 amide bonds. The molecule has 2 N–H and O–H groups in total. The number of thiophene rings is 1. The molecule has 1 aromatic rings. The number of aliphatic hydroxyl groups is 1. The van der Waals surface area contributed by atoms with E-state index in [2.05, 4.69) is 23.4 Å². The lowest BCUT2D eigenvalue weighted by Gasteiger charge is -2.18. The van der Waals surface area contributed by atoms with Crippen molar-refractivity contribution in [3.8, 4) is 11.8 Å². The van der Waals surface area contributed by atoms with Gasteiger partial charge in [0.15, 0.2) is 0 Å². The van der Waals surface area contributed by atoms with Gasteiger partial charge < -0.3 is 10.4 Å². The molecule has 2 unspecified atom stereocenters. The number of amides is 1. The largest absolute Gasteiger partial charge is 0.395 e. The summed E-state index contributed by atoms with van der Waals surface area (Å²) in [5.74, 6) is 5.95. The Morgan fingerprint density at radius 1 is 1.57 bits per heavy atom. The van der Waals surface area contributed by atoms with Crippen LogP contribution in [0.15, 0.2) is 6.07 Å². The van der Waals surface area contributed by atoms with E-state index in [0.717, 1.165) is 21.7 Å². The summed E-state index contributed by atoms with van der Waals surface area (Å²) in [5, 5.41) is 12.5. The highest BCUT2D eigenvalue weighted by Gasteiger charge is 2.28. The number of rotatable bonds is 4. The van der Waals surface area contributed by atoms with E-state index in [0.29, 0.717) is 17.7 Å². The third kappa shape index (κ3) is 4.26. The van der Waals surface area contributed by atoms with E-state index in [9.17, 15) is 4.79 Å². The zero-order chi connectivity index (χ0) is 15.2. The summed E-state index contributed by atoms with van der Waals surface area (Å²) in [6.45, 7) is 2.04. The van der Waals surface area contributed by atoms with E-state index in [1.165, 1.54) is 24.2 Å². The third-order valence-electron chi connectivity index (χ3n) is 3.65. The molecule has 5 heteroatoms. The van der Waals surface area contributed by atoms with Gasteiger partial charge in [0, 0.05) is 17.7 Å². The minimum atomic E-state index is 0.0178. The van der Waals surface area contributed by atoms with Gasteiger partial charge in [-0.15, -0.1) is 11.3 Å². The van der Waals surface area contributed by atoms with Gasteiger partial charge >= 0.3 is 0 Å². The fraction of sp³-hybridized carbons (Fsp3) is 0.562. The first-order valence-electron chi connectivity index (χ1n) is 7.19. The van der Waals surface area contributed by atoms with Gasteiger partial charge in [0.1, 0.15) is 0 Å². The van der Waals surface area contributed by atoms with Crippen molar-refractivity contribution in [1.29, 1.82) is 0 Å². The third-order valence-corrected chi connectivity index (χ3v) is 5.97. The Bertz CT molecular complexity index is 556. The molecule has 21 heavy (non-hydrogen) atoms. The first kappa shape index (κ1) is 16.4. The topological polar surface area (TPSA) is 49.3 Å². The summed E-state index contributed by atoms with van der Waals surface area (Å²) < 4.78 is 0. The summed E-state index contributed by atoms with van der Waals surface area (Å²) in [4.78, 5) is 14.0. The number of nitrogens with one attached hydrogen (secondary N) is 1. The molecule has 1 aromatic heterocycles. The molecule has 0 aliphatic heterocycles. The average molecular weight is 323 g/mol. The van der Waals surface area contributed by atoms with E-state index in [1.807, 2.05) is 24.8 Å². The van der Waals surface area contributed by atoms with Crippen LogP contribution in [0.4, 0.5) is 0 Å². The predicted octanol–water partition coefficient (Wildman–Crippen LogP) is 2.80. The highest BCUT2D eigenvalue weighted by atomic mass is 32.2. The molecule has 0 bridgehead atoms. The molecular formula is C16H21NO2S2. The Hall–Kier alpha value is -0.960. The lowest BCUT2D eigenvalue weighted by Crippen LogP contribution is -2.38. The Morgan fingerprint density at radius 3 is 3.10 bits per heavy atom. The van der Waals surface area contributed by atoms with Crippen molar-refractivity contribution in [2.24, 2.45) is 0 Å². The highest BCUT2D eigenvalue weighted by molar-refractivity contribution is 7.99. The molecule has 1 aliphatic carbocycles. The lowest BCUT2D eigenvalue weighted by atomic mass is 10.2. The van der Waals surface area contributed by atoms with Gasteiger partial charge in [0.25, 0.3) is 5.91 Å². The second-order valence-electron chi connectivity index (χ2n) is 5.18. The van der Waals surface area contributed by atoms with Gasteiger partial charge in [-0.25, -0.2) is 0 Å². The zero-order valence-corrected chi connectivity index (χ0v) is 14.1. The number of aliphatic hydroxyl groups excluding tert-OH is 1. The molecule has 0 aromatic carbocycles. The molecule has 1 saturated carbocycles. The normalized spacial score (nSPS) is 20.9. The van der Waals surface area contributed by atoms with Crippen molar-refractivity contribution in [3.05, 3.63) is 21.4 Å².